The molecule has 0 amide bonds. The van der Waals surface area contributed by atoms with Crippen LogP contribution in [0.1, 0.15) is 73.3 Å². The van der Waals surface area contributed by atoms with E-state index in [1.807, 2.05) is 6.07 Å². The number of hydrogen-bond acceptors (Lipinski definition) is 5. The van der Waals surface area contributed by atoms with E-state index in [1.165, 1.54) is 50.8 Å². The van der Waals surface area contributed by atoms with E-state index in [-0.39, 0.29) is 5.78 Å². The van der Waals surface area contributed by atoms with E-state index in [0.717, 1.165) is 57.9 Å². The van der Waals surface area contributed by atoms with Gasteiger partial charge in [0.1, 0.15) is 0 Å². The van der Waals surface area contributed by atoms with Crippen LogP contribution in [0, 0.1) is 0 Å². The van der Waals surface area contributed by atoms with E-state index in [0.29, 0.717) is 12.5 Å². The number of likely N-dealkylation sites (tertiary alicyclic amines) is 1. The van der Waals surface area contributed by atoms with Gasteiger partial charge in [-0.15, -0.1) is 0 Å². The van der Waals surface area contributed by atoms with Crippen molar-refractivity contribution in [1.82, 2.24) is 19.6 Å². The van der Waals surface area contributed by atoms with Gasteiger partial charge < -0.3 is 10.2 Å². The quantitative estimate of drug-likeness (QED) is 0.229. The number of nitrogens with one attached hydrogen (secondary N) is 1. The Hall–Kier alpha value is -2.54. The number of rotatable bonds is 8. The van der Waals surface area contributed by atoms with Crippen molar-refractivity contribution in [3.8, 4) is 11.3 Å². The van der Waals surface area contributed by atoms with Crippen molar-refractivity contribution < 1.29 is 4.79 Å². The number of benzene rings is 2. The lowest BCUT2D eigenvalue weighted by atomic mass is 10.0. The van der Waals surface area contributed by atoms with Gasteiger partial charge >= 0.3 is 0 Å². The molecule has 0 aliphatic carbocycles. The summed E-state index contributed by atoms with van der Waals surface area (Å²) < 4.78 is 3.29. The van der Waals surface area contributed by atoms with Gasteiger partial charge in [-0.25, -0.2) is 4.98 Å². The molecule has 0 bridgehead atoms. The molecule has 6 heteroatoms. The number of fused-ring (bicyclic) bond motifs is 3. The second-order valence-electron chi connectivity index (χ2n) is 10.1. The van der Waals surface area contributed by atoms with Crippen LogP contribution in [-0.4, -0.2) is 46.2 Å². The Morgan fingerprint density at radius 2 is 1.89 bits per heavy atom. The molecular formula is C29H34N4OS. The monoisotopic (exact) mass is 486 g/mol. The first-order chi connectivity index (χ1) is 17.2. The molecule has 182 valence electrons. The van der Waals surface area contributed by atoms with Gasteiger partial charge in [0.15, 0.2) is 10.7 Å². The van der Waals surface area contributed by atoms with Crippen molar-refractivity contribution >= 4 is 32.3 Å². The normalized spacial score (nSPS) is 19.1. The summed E-state index contributed by atoms with van der Waals surface area (Å²) in [4.78, 5) is 21.2. The fourth-order valence-electron chi connectivity index (χ4n) is 5.62. The van der Waals surface area contributed by atoms with Crippen LogP contribution in [0.25, 0.3) is 26.4 Å². The number of nitrogens with zero attached hydrogens (tertiary/aromatic N) is 3. The molecule has 0 radical (unpaired) electrons. The van der Waals surface area contributed by atoms with Crippen molar-refractivity contribution in [3.05, 3.63) is 59.8 Å². The van der Waals surface area contributed by atoms with Gasteiger partial charge in [-0.05, 0) is 88.5 Å². The Morgan fingerprint density at radius 1 is 1.03 bits per heavy atom. The number of carbonyl (C=O) groups is 1. The second kappa shape index (κ2) is 10.2. The first-order valence-electron chi connectivity index (χ1n) is 13.3. The molecule has 6 rings (SSSR count). The summed E-state index contributed by atoms with van der Waals surface area (Å²) in [6.07, 6.45) is 11.3. The van der Waals surface area contributed by atoms with Gasteiger partial charge in [0.05, 0.1) is 15.9 Å². The fourth-order valence-corrected chi connectivity index (χ4v) is 6.66. The summed E-state index contributed by atoms with van der Waals surface area (Å²) in [5.41, 5.74) is 5.46. The molecule has 2 aromatic carbocycles. The van der Waals surface area contributed by atoms with Crippen molar-refractivity contribution in [3.63, 3.8) is 0 Å². The third-order valence-electron chi connectivity index (χ3n) is 7.66. The van der Waals surface area contributed by atoms with Crippen LogP contribution in [0.15, 0.2) is 48.7 Å². The van der Waals surface area contributed by atoms with Crippen LogP contribution in [-0.2, 0) is 0 Å². The van der Waals surface area contributed by atoms with Crippen LogP contribution in [0.2, 0.25) is 0 Å². The maximum atomic E-state index is 12.8. The molecule has 2 aliphatic heterocycles. The summed E-state index contributed by atoms with van der Waals surface area (Å²) in [6.45, 7) is 4.71. The molecule has 5 nitrogen and oxygen atoms in total. The average molecular weight is 487 g/mol. The van der Waals surface area contributed by atoms with E-state index < -0.39 is 0 Å². The van der Waals surface area contributed by atoms with Gasteiger partial charge in [0.25, 0.3) is 0 Å². The molecule has 2 aromatic heterocycles. The number of piperidine rings is 1. The third kappa shape index (κ3) is 4.92. The molecule has 0 spiro atoms. The standard InChI is InChI=1S/C29H34N4OS/c34-27(8-2-5-18-32-16-3-1-4-17-32)23-13-14-26-28(19-23)35-29-31-25(20-33(26)29)22-11-9-21(10-12-22)24-7-6-15-30-24/h9-14,19-20,24,30H,1-8,15-18H2/t24-/m0/s1. The van der Waals surface area contributed by atoms with Gasteiger partial charge in [-0.1, -0.05) is 42.0 Å². The summed E-state index contributed by atoms with van der Waals surface area (Å²) in [5.74, 6) is 0.258. The van der Waals surface area contributed by atoms with Crippen LogP contribution in [0.4, 0.5) is 0 Å². The highest BCUT2D eigenvalue weighted by atomic mass is 32.1. The highest BCUT2D eigenvalue weighted by Gasteiger charge is 2.17. The Kier molecular flexibility index (Phi) is 6.68. The van der Waals surface area contributed by atoms with Gasteiger partial charge in [-0.3, -0.25) is 9.20 Å². The number of thiazole rings is 1. The molecule has 1 atom stereocenters. The molecule has 35 heavy (non-hydrogen) atoms. The zero-order valence-electron chi connectivity index (χ0n) is 20.3. The predicted molar refractivity (Wildman–Crippen MR) is 144 cm³/mol. The SMILES string of the molecule is O=C(CCCCN1CCCCC1)c1ccc2c(c1)sc1nc(-c3ccc([C@@H]4CCCN4)cc3)cn12. The van der Waals surface area contributed by atoms with E-state index >= 15 is 0 Å². The lowest BCUT2D eigenvalue weighted by molar-refractivity contribution is 0.0977. The van der Waals surface area contributed by atoms with Crippen LogP contribution in [0.5, 0.6) is 0 Å². The molecule has 4 aromatic rings. The fraction of sp³-hybridized carbons (Fsp3) is 0.448. The summed E-state index contributed by atoms with van der Waals surface area (Å²) in [7, 11) is 0. The Bertz CT molecular complexity index is 1310. The smallest absolute Gasteiger partial charge is 0.195 e. The zero-order chi connectivity index (χ0) is 23.6. The molecule has 0 unspecified atom stereocenters. The van der Waals surface area contributed by atoms with E-state index in [2.05, 4.69) is 57.2 Å². The van der Waals surface area contributed by atoms with Crippen LogP contribution < -0.4 is 5.32 Å². The molecule has 2 fully saturated rings. The van der Waals surface area contributed by atoms with Crippen LogP contribution >= 0.6 is 11.3 Å². The van der Waals surface area contributed by atoms with Gasteiger partial charge in [-0.2, -0.15) is 0 Å². The van der Waals surface area contributed by atoms with Crippen molar-refractivity contribution in [2.75, 3.05) is 26.2 Å². The third-order valence-corrected chi connectivity index (χ3v) is 8.68. The first-order valence-corrected chi connectivity index (χ1v) is 14.1. The largest absolute Gasteiger partial charge is 0.310 e. The highest BCUT2D eigenvalue weighted by molar-refractivity contribution is 7.23. The van der Waals surface area contributed by atoms with Crippen molar-refractivity contribution in [2.24, 2.45) is 0 Å². The van der Waals surface area contributed by atoms with Crippen molar-refractivity contribution in [1.29, 1.82) is 0 Å². The number of carbonyl (C=O) groups excluding carboxylic acids is 1. The average Bonchev–Trinajstić information content (AvgIpc) is 3.64. The van der Waals surface area contributed by atoms with Gasteiger partial charge in [0.2, 0.25) is 0 Å². The van der Waals surface area contributed by atoms with Crippen LogP contribution in [0.3, 0.4) is 0 Å². The maximum Gasteiger partial charge on any atom is 0.195 e. The van der Waals surface area contributed by atoms with E-state index in [9.17, 15) is 4.79 Å². The second-order valence-corrected chi connectivity index (χ2v) is 11.1. The number of hydrogen-bond donors (Lipinski definition) is 1. The summed E-state index contributed by atoms with van der Waals surface area (Å²) >= 11 is 1.66. The van der Waals surface area contributed by atoms with E-state index in [1.54, 1.807) is 11.3 Å². The molecule has 0 saturated carbocycles. The summed E-state index contributed by atoms with van der Waals surface area (Å²) in [6, 6.07) is 15.5. The molecular weight excluding hydrogens is 452 g/mol. The maximum absolute atomic E-state index is 12.8. The predicted octanol–water partition coefficient (Wildman–Crippen LogP) is 6.48. The minimum Gasteiger partial charge on any atom is -0.310 e. The van der Waals surface area contributed by atoms with E-state index in [4.69, 9.17) is 4.98 Å². The molecule has 1 N–H and O–H groups in total. The molecule has 2 saturated heterocycles. The number of unbranched alkanes of at least 4 members (excludes halogenated alkanes) is 1. The zero-order valence-corrected chi connectivity index (χ0v) is 21.2. The number of imidazole rings is 1. The highest BCUT2D eigenvalue weighted by Crippen LogP contribution is 2.31. The van der Waals surface area contributed by atoms with Crippen molar-refractivity contribution in [2.45, 2.75) is 57.4 Å². The first kappa shape index (κ1) is 22.9. The molecule has 2 aliphatic rings. The van der Waals surface area contributed by atoms with Gasteiger partial charge in [0, 0.05) is 29.8 Å². The topological polar surface area (TPSA) is 49.6 Å². The Morgan fingerprint density at radius 3 is 2.69 bits per heavy atom. The Balaban J connectivity index is 1.12. The molecule has 4 heterocycles. The lowest BCUT2D eigenvalue weighted by Crippen LogP contribution is -2.30. The minimum absolute atomic E-state index is 0.258. The summed E-state index contributed by atoms with van der Waals surface area (Å²) in [5, 5.41) is 3.57. The number of Topliss-reactive ketones (excluding diaryl/α,β-unsaturated/α-hetero) is 1. The minimum atomic E-state index is 0.258. The number of ketones is 1. The Labute approximate surface area is 211 Å². The lowest BCUT2D eigenvalue weighted by Gasteiger charge is -2.26. The number of aromatic nitrogens is 2.